The Labute approximate surface area is 151 Å². The number of anilines is 1. The molecule has 7 heteroatoms. The molecule has 2 N–H and O–H groups in total. The minimum atomic E-state index is -0.958. The summed E-state index contributed by atoms with van der Waals surface area (Å²) in [6, 6.07) is 6.91. The van der Waals surface area contributed by atoms with Gasteiger partial charge in [0.2, 0.25) is 5.91 Å². The van der Waals surface area contributed by atoms with Crippen molar-refractivity contribution in [2.24, 2.45) is 17.3 Å². The van der Waals surface area contributed by atoms with Gasteiger partial charge in [-0.1, -0.05) is 26.0 Å². The van der Waals surface area contributed by atoms with Crippen molar-refractivity contribution >= 4 is 35.2 Å². The largest absolute Gasteiger partial charge is 0.481 e. The molecule has 2 amide bonds. The van der Waals surface area contributed by atoms with E-state index in [0.717, 1.165) is 11.5 Å². The van der Waals surface area contributed by atoms with Crippen molar-refractivity contribution in [3.63, 3.8) is 0 Å². The highest BCUT2D eigenvalue weighted by Crippen LogP contribution is 2.58. The van der Waals surface area contributed by atoms with Crippen molar-refractivity contribution in [1.82, 2.24) is 4.90 Å². The summed E-state index contributed by atoms with van der Waals surface area (Å²) in [5.41, 5.74) is 0.328. The Kier molecular flexibility index (Phi) is 4.77. The number of rotatable bonds is 4. The zero-order chi connectivity index (χ0) is 18.2. The number of hydrogen-bond acceptors (Lipinski definition) is 4. The first kappa shape index (κ1) is 17.8. The van der Waals surface area contributed by atoms with Crippen molar-refractivity contribution in [2.45, 2.75) is 13.8 Å². The summed E-state index contributed by atoms with van der Waals surface area (Å²) in [7, 11) is 0. The number of nitrogens with one attached hydrogen (secondary N) is 1. The van der Waals surface area contributed by atoms with Crippen molar-refractivity contribution in [3.05, 3.63) is 29.8 Å². The van der Waals surface area contributed by atoms with Crippen molar-refractivity contribution < 1.29 is 19.5 Å². The summed E-state index contributed by atoms with van der Waals surface area (Å²) in [6.07, 6.45) is 0. The molecular formula is C18H22N2O4S. The van der Waals surface area contributed by atoms with Gasteiger partial charge in [0.1, 0.15) is 0 Å². The van der Waals surface area contributed by atoms with Gasteiger partial charge in [-0.3, -0.25) is 14.4 Å². The van der Waals surface area contributed by atoms with E-state index in [-0.39, 0.29) is 11.8 Å². The second-order valence-electron chi connectivity index (χ2n) is 7.05. The molecule has 2 aliphatic rings. The van der Waals surface area contributed by atoms with Gasteiger partial charge in [0.25, 0.3) is 5.91 Å². The highest BCUT2D eigenvalue weighted by atomic mass is 32.2. The van der Waals surface area contributed by atoms with Gasteiger partial charge in [0, 0.05) is 24.6 Å². The monoisotopic (exact) mass is 362 g/mol. The van der Waals surface area contributed by atoms with Gasteiger partial charge in [0.15, 0.2) is 0 Å². The number of thioether (sulfide) groups is 1. The molecule has 0 unspecified atom stereocenters. The summed E-state index contributed by atoms with van der Waals surface area (Å²) < 4.78 is 0. The Morgan fingerprint density at radius 1 is 1.16 bits per heavy atom. The fraction of sp³-hybridized carbons (Fsp3) is 0.500. The van der Waals surface area contributed by atoms with Gasteiger partial charge >= 0.3 is 5.97 Å². The van der Waals surface area contributed by atoms with Crippen LogP contribution in [0.2, 0.25) is 0 Å². The number of carboxylic acids is 1. The highest BCUT2D eigenvalue weighted by Gasteiger charge is 2.65. The molecule has 1 heterocycles. The first-order valence-corrected chi connectivity index (χ1v) is 9.49. The van der Waals surface area contributed by atoms with Crippen LogP contribution < -0.4 is 5.32 Å². The maximum absolute atomic E-state index is 12.8. The third-order valence-electron chi connectivity index (χ3n) is 5.09. The van der Waals surface area contributed by atoms with Crippen LogP contribution in [0.1, 0.15) is 24.2 Å². The number of aliphatic carboxylic acids is 1. The molecule has 1 aromatic rings. The second kappa shape index (κ2) is 6.71. The Hall–Kier alpha value is -2.02. The summed E-state index contributed by atoms with van der Waals surface area (Å²) in [5.74, 6) is -0.838. The van der Waals surface area contributed by atoms with E-state index in [2.05, 4.69) is 5.32 Å². The molecule has 1 aliphatic carbocycles. The van der Waals surface area contributed by atoms with E-state index in [0.29, 0.717) is 24.3 Å². The molecule has 2 fully saturated rings. The molecule has 1 saturated heterocycles. The van der Waals surface area contributed by atoms with Gasteiger partial charge in [-0.25, -0.2) is 0 Å². The topological polar surface area (TPSA) is 86.7 Å². The zero-order valence-corrected chi connectivity index (χ0v) is 15.1. The van der Waals surface area contributed by atoms with E-state index in [1.807, 2.05) is 11.8 Å². The number of nitrogens with zero attached hydrogens (tertiary/aromatic N) is 1. The normalized spacial score (nSPS) is 24.5. The number of benzene rings is 1. The molecule has 2 atom stereocenters. The molecule has 6 nitrogen and oxygen atoms in total. The zero-order valence-electron chi connectivity index (χ0n) is 14.3. The molecule has 0 spiro atoms. The van der Waals surface area contributed by atoms with E-state index >= 15 is 0 Å². The average Bonchev–Trinajstić information content (AvgIpc) is 3.18. The number of hydrogen-bond donors (Lipinski definition) is 2. The van der Waals surface area contributed by atoms with E-state index < -0.39 is 23.2 Å². The lowest BCUT2D eigenvalue weighted by Gasteiger charge is -2.27. The number of carboxylic acid groups (broad SMARTS) is 1. The minimum Gasteiger partial charge on any atom is -0.481 e. The molecule has 25 heavy (non-hydrogen) atoms. The van der Waals surface area contributed by atoms with Crippen LogP contribution >= 0.6 is 11.8 Å². The lowest BCUT2D eigenvalue weighted by Crippen LogP contribution is -2.38. The Bertz CT molecular complexity index is 713. The molecule has 1 aromatic carbocycles. The van der Waals surface area contributed by atoms with E-state index in [1.54, 1.807) is 43.0 Å². The number of carbonyl (C=O) groups is 3. The van der Waals surface area contributed by atoms with Crippen LogP contribution in [-0.4, -0.2) is 52.4 Å². The van der Waals surface area contributed by atoms with E-state index in [9.17, 15) is 19.5 Å². The predicted molar refractivity (Wildman–Crippen MR) is 96.7 cm³/mol. The third kappa shape index (κ3) is 3.38. The smallest absolute Gasteiger partial charge is 0.307 e. The lowest BCUT2D eigenvalue weighted by molar-refractivity contribution is -0.140. The van der Waals surface area contributed by atoms with Gasteiger partial charge in [-0.2, -0.15) is 11.8 Å². The average molecular weight is 362 g/mol. The predicted octanol–water partition coefficient (Wildman–Crippen LogP) is 2.17. The van der Waals surface area contributed by atoms with E-state index in [1.165, 1.54) is 0 Å². The van der Waals surface area contributed by atoms with Crippen LogP contribution in [0.5, 0.6) is 0 Å². The fourth-order valence-electron chi connectivity index (χ4n) is 3.51. The van der Waals surface area contributed by atoms with Gasteiger partial charge in [-0.15, -0.1) is 0 Å². The standard InChI is InChI=1S/C18H22N2O4S/c1-18(2)13(14(18)17(23)24)15(21)19-12-6-4-3-5-11(12)16(22)20-7-9-25-10-8-20/h3-6,13-14H,7-10H2,1-2H3,(H,19,21)(H,23,24)/t13-,14+/m0/s1. The fourth-order valence-corrected chi connectivity index (χ4v) is 4.42. The minimum absolute atomic E-state index is 0.0963. The lowest BCUT2D eigenvalue weighted by atomic mass is 10.1. The molecule has 0 bridgehead atoms. The number of para-hydroxylation sites is 1. The molecule has 1 aliphatic heterocycles. The maximum atomic E-state index is 12.8. The quantitative estimate of drug-likeness (QED) is 0.857. The Balaban J connectivity index is 1.76. The third-order valence-corrected chi connectivity index (χ3v) is 6.03. The SMILES string of the molecule is CC1(C)[C@H](C(=O)Nc2ccccc2C(=O)N2CCSCC2)[C@@H]1C(=O)O. The van der Waals surface area contributed by atoms with Crippen molar-refractivity contribution in [2.75, 3.05) is 29.9 Å². The summed E-state index contributed by atoms with van der Waals surface area (Å²) >= 11 is 1.82. The molecule has 134 valence electrons. The first-order valence-electron chi connectivity index (χ1n) is 8.33. The van der Waals surface area contributed by atoms with Crippen LogP contribution in [-0.2, 0) is 9.59 Å². The van der Waals surface area contributed by atoms with Crippen LogP contribution in [0.4, 0.5) is 5.69 Å². The Morgan fingerprint density at radius 2 is 1.80 bits per heavy atom. The van der Waals surface area contributed by atoms with Crippen LogP contribution in [0.15, 0.2) is 24.3 Å². The second-order valence-corrected chi connectivity index (χ2v) is 8.28. The maximum Gasteiger partial charge on any atom is 0.307 e. The number of amides is 2. The van der Waals surface area contributed by atoms with Crippen LogP contribution in [0.3, 0.4) is 0 Å². The first-order chi connectivity index (χ1) is 11.8. The molecular weight excluding hydrogens is 340 g/mol. The molecule has 1 saturated carbocycles. The van der Waals surface area contributed by atoms with Gasteiger partial charge < -0.3 is 15.3 Å². The summed E-state index contributed by atoms with van der Waals surface area (Å²) in [5, 5.41) is 12.0. The van der Waals surface area contributed by atoms with Crippen LogP contribution in [0, 0.1) is 17.3 Å². The van der Waals surface area contributed by atoms with Crippen LogP contribution in [0.25, 0.3) is 0 Å². The van der Waals surface area contributed by atoms with Crippen molar-refractivity contribution in [1.29, 1.82) is 0 Å². The molecule has 0 radical (unpaired) electrons. The summed E-state index contributed by atoms with van der Waals surface area (Å²) in [4.78, 5) is 38.4. The van der Waals surface area contributed by atoms with Gasteiger partial charge in [0.05, 0.1) is 23.1 Å². The summed E-state index contributed by atoms with van der Waals surface area (Å²) in [6.45, 7) is 4.95. The van der Waals surface area contributed by atoms with Gasteiger partial charge in [-0.05, 0) is 17.5 Å². The number of carbonyl (C=O) groups excluding carboxylic acids is 2. The highest BCUT2D eigenvalue weighted by molar-refractivity contribution is 7.99. The van der Waals surface area contributed by atoms with Crippen molar-refractivity contribution in [3.8, 4) is 0 Å². The molecule has 0 aromatic heterocycles. The van der Waals surface area contributed by atoms with E-state index in [4.69, 9.17) is 0 Å². The Morgan fingerprint density at radius 3 is 2.40 bits per heavy atom. The molecule has 3 rings (SSSR count).